The normalized spacial score (nSPS) is 12.7. The molecule has 1 aliphatic rings. The van der Waals surface area contributed by atoms with Crippen molar-refractivity contribution in [2.45, 2.75) is 26.6 Å². The van der Waals surface area contributed by atoms with E-state index in [4.69, 9.17) is 14.2 Å². The number of esters is 1. The summed E-state index contributed by atoms with van der Waals surface area (Å²) in [5, 5.41) is 9.43. The average Bonchev–Trinajstić information content (AvgIpc) is 2.98. The average molecular weight is 328 g/mol. The highest BCUT2D eigenvalue weighted by Gasteiger charge is 2.33. The third kappa shape index (κ3) is 2.83. The van der Waals surface area contributed by atoms with Gasteiger partial charge in [0.1, 0.15) is 30.3 Å². The molecule has 0 saturated heterocycles. The summed E-state index contributed by atoms with van der Waals surface area (Å²) in [5.41, 5.74) is 3.79. The van der Waals surface area contributed by atoms with Crippen molar-refractivity contribution in [2.75, 3.05) is 13.7 Å². The summed E-state index contributed by atoms with van der Waals surface area (Å²) in [6.07, 6.45) is 0.342. The summed E-state index contributed by atoms with van der Waals surface area (Å²) >= 11 is 0. The molecular formula is C19H20O5. The fraction of sp³-hybridized carbons (Fsp3) is 0.316. The van der Waals surface area contributed by atoms with E-state index in [9.17, 15) is 9.90 Å². The zero-order valence-electron chi connectivity index (χ0n) is 13.8. The lowest BCUT2D eigenvalue weighted by Crippen LogP contribution is -2.10. The van der Waals surface area contributed by atoms with E-state index in [1.54, 1.807) is 7.11 Å². The summed E-state index contributed by atoms with van der Waals surface area (Å²) in [6, 6.07) is 9.71. The van der Waals surface area contributed by atoms with Crippen molar-refractivity contribution in [3.05, 3.63) is 58.1 Å². The lowest BCUT2D eigenvalue weighted by Gasteiger charge is -2.19. The third-order valence-corrected chi connectivity index (χ3v) is 4.21. The van der Waals surface area contributed by atoms with Gasteiger partial charge in [0.05, 0.1) is 7.11 Å². The van der Waals surface area contributed by atoms with E-state index in [1.807, 2.05) is 37.3 Å². The predicted octanol–water partition coefficient (Wildman–Crippen LogP) is 2.79. The molecule has 2 aromatic rings. The van der Waals surface area contributed by atoms with Gasteiger partial charge in [-0.2, -0.15) is 0 Å². The maximum atomic E-state index is 12.2. The van der Waals surface area contributed by atoms with Gasteiger partial charge in [0, 0.05) is 24.2 Å². The molecule has 0 aliphatic carbocycles. The molecule has 1 aliphatic heterocycles. The molecule has 0 atom stereocenters. The molecule has 0 bridgehead atoms. The molecule has 5 nitrogen and oxygen atoms in total. The summed E-state index contributed by atoms with van der Waals surface area (Å²) in [7, 11) is 1.58. The Labute approximate surface area is 140 Å². The number of hydrogen-bond donors (Lipinski definition) is 1. The lowest BCUT2D eigenvalue weighted by atomic mass is 9.95. The van der Waals surface area contributed by atoms with E-state index in [1.165, 1.54) is 0 Å². The van der Waals surface area contributed by atoms with Crippen LogP contribution in [0.2, 0.25) is 0 Å². The van der Waals surface area contributed by atoms with Crippen LogP contribution in [0.5, 0.6) is 11.5 Å². The van der Waals surface area contributed by atoms with Crippen LogP contribution in [-0.4, -0.2) is 24.8 Å². The van der Waals surface area contributed by atoms with Crippen LogP contribution in [0.1, 0.15) is 32.6 Å². The van der Waals surface area contributed by atoms with Gasteiger partial charge < -0.3 is 19.3 Å². The van der Waals surface area contributed by atoms with Gasteiger partial charge in [-0.3, -0.25) is 0 Å². The number of aliphatic hydroxyl groups is 1. The van der Waals surface area contributed by atoms with Gasteiger partial charge in [-0.05, 0) is 18.1 Å². The fourth-order valence-corrected chi connectivity index (χ4v) is 3.05. The van der Waals surface area contributed by atoms with E-state index in [0.717, 1.165) is 16.7 Å². The van der Waals surface area contributed by atoms with Gasteiger partial charge in [-0.15, -0.1) is 0 Å². The number of rotatable bonds is 6. The number of carbonyl (C=O) groups is 1. The van der Waals surface area contributed by atoms with Crippen LogP contribution in [0.4, 0.5) is 0 Å². The topological polar surface area (TPSA) is 65.0 Å². The Morgan fingerprint density at radius 2 is 1.96 bits per heavy atom. The number of carbonyl (C=O) groups excluding carboxylic acids is 1. The highest BCUT2D eigenvalue weighted by molar-refractivity contribution is 5.98. The highest BCUT2D eigenvalue weighted by atomic mass is 16.5. The maximum Gasteiger partial charge on any atom is 0.342 e. The van der Waals surface area contributed by atoms with Crippen LogP contribution in [0, 0.1) is 6.92 Å². The van der Waals surface area contributed by atoms with Crippen molar-refractivity contribution in [2.24, 2.45) is 0 Å². The first-order chi connectivity index (χ1) is 11.7. The SMILES string of the molecule is COc1c(C)c2c(c(OCc3ccccc3)c1CCO)C(=O)OC2. The predicted molar refractivity (Wildman–Crippen MR) is 88.4 cm³/mol. The van der Waals surface area contributed by atoms with Crippen LogP contribution in [0.25, 0.3) is 0 Å². The minimum absolute atomic E-state index is 0.0642. The minimum atomic E-state index is -0.391. The van der Waals surface area contributed by atoms with E-state index < -0.39 is 5.97 Å². The number of methoxy groups -OCH3 is 1. The molecule has 0 spiro atoms. The summed E-state index contributed by atoms with van der Waals surface area (Å²) < 4.78 is 16.7. The van der Waals surface area contributed by atoms with Gasteiger partial charge in [-0.1, -0.05) is 30.3 Å². The molecule has 5 heteroatoms. The summed E-state index contributed by atoms with van der Waals surface area (Å²) in [4.78, 5) is 12.2. The smallest absolute Gasteiger partial charge is 0.342 e. The molecule has 126 valence electrons. The summed E-state index contributed by atoms with van der Waals surface area (Å²) in [6.45, 7) is 2.37. The maximum absolute atomic E-state index is 12.2. The quantitative estimate of drug-likeness (QED) is 0.826. The third-order valence-electron chi connectivity index (χ3n) is 4.21. The van der Waals surface area contributed by atoms with Crippen molar-refractivity contribution >= 4 is 5.97 Å². The second kappa shape index (κ2) is 6.93. The van der Waals surface area contributed by atoms with Crippen LogP contribution < -0.4 is 9.47 Å². The Hall–Kier alpha value is -2.53. The number of cyclic esters (lactones) is 1. The number of ether oxygens (including phenoxy) is 3. The highest BCUT2D eigenvalue weighted by Crippen LogP contribution is 2.42. The Morgan fingerprint density at radius 1 is 1.21 bits per heavy atom. The zero-order chi connectivity index (χ0) is 17.1. The second-order valence-corrected chi connectivity index (χ2v) is 5.64. The molecule has 0 unspecified atom stereocenters. The van der Waals surface area contributed by atoms with Crippen molar-refractivity contribution in [1.29, 1.82) is 0 Å². The molecule has 0 aromatic heterocycles. The molecule has 3 rings (SSSR count). The van der Waals surface area contributed by atoms with Crippen LogP contribution in [0.3, 0.4) is 0 Å². The Kier molecular flexibility index (Phi) is 4.71. The molecule has 1 N–H and O–H groups in total. The Balaban J connectivity index is 2.08. The van der Waals surface area contributed by atoms with E-state index in [2.05, 4.69) is 0 Å². The zero-order valence-corrected chi connectivity index (χ0v) is 13.8. The minimum Gasteiger partial charge on any atom is -0.496 e. The summed E-state index contributed by atoms with van der Waals surface area (Å²) in [5.74, 6) is 0.704. The molecule has 2 aromatic carbocycles. The first kappa shape index (κ1) is 16.3. The molecule has 24 heavy (non-hydrogen) atoms. The standard InChI is InChI=1S/C19H20O5/c1-12-15-11-24-19(21)16(15)18(14(8-9-20)17(12)22-2)23-10-13-6-4-3-5-7-13/h3-7,20H,8-11H2,1-2H3. The monoisotopic (exact) mass is 328 g/mol. The number of benzene rings is 2. The number of hydrogen-bond acceptors (Lipinski definition) is 5. The van der Waals surface area contributed by atoms with Crippen molar-refractivity contribution in [3.8, 4) is 11.5 Å². The van der Waals surface area contributed by atoms with E-state index in [0.29, 0.717) is 35.7 Å². The Morgan fingerprint density at radius 3 is 2.62 bits per heavy atom. The van der Waals surface area contributed by atoms with Gasteiger partial charge in [0.2, 0.25) is 0 Å². The lowest BCUT2D eigenvalue weighted by molar-refractivity contribution is 0.0531. The Bertz CT molecular complexity index is 752. The van der Waals surface area contributed by atoms with Gasteiger partial charge in [-0.25, -0.2) is 4.79 Å². The van der Waals surface area contributed by atoms with Crippen molar-refractivity contribution in [3.63, 3.8) is 0 Å². The molecule has 0 amide bonds. The number of fused-ring (bicyclic) bond motifs is 1. The number of aliphatic hydroxyl groups excluding tert-OH is 1. The van der Waals surface area contributed by atoms with Crippen LogP contribution in [-0.2, 0) is 24.4 Å². The van der Waals surface area contributed by atoms with Crippen molar-refractivity contribution in [1.82, 2.24) is 0 Å². The molecule has 0 saturated carbocycles. The first-order valence-corrected chi connectivity index (χ1v) is 7.84. The molecule has 0 fully saturated rings. The largest absolute Gasteiger partial charge is 0.496 e. The fourth-order valence-electron chi connectivity index (χ4n) is 3.05. The first-order valence-electron chi connectivity index (χ1n) is 7.84. The van der Waals surface area contributed by atoms with Gasteiger partial charge in [0.25, 0.3) is 0 Å². The van der Waals surface area contributed by atoms with Gasteiger partial charge >= 0.3 is 5.97 Å². The molecule has 1 heterocycles. The van der Waals surface area contributed by atoms with E-state index in [-0.39, 0.29) is 13.2 Å². The van der Waals surface area contributed by atoms with Crippen LogP contribution >= 0.6 is 0 Å². The van der Waals surface area contributed by atoms with E-state index >= 15 is 0 Å². The van der Waals surface area contributed by atoms with Gasteiger partial charge in [0.15, 0.2) is 0 Å². The molecular weight excluding hydrogens is 308 g/mol. The van der Waals surface area contributed by atoms with Crippen molar-refractivity contribution < 1.29 is 24.1 Å². The second-order valence-electron chi connectivity index (χ2n) is 5.64. The molecule has 0 radical (unpaired) electrons. The van der Waals surface area contributed by atoms with Crippen LogP contribution in [0.15, 0.2) is 30.3 Å².